The summed E-state index contributed by atoms with van der Waals surface area (Å²) in [6.07, 6.45) is 0. The van der Waals surface area contributed by atoms with Crippen LogP contribution in [0.4, 0.5) is 4.79 Å². The van der Waals surface area contributed by atoms with Gasteiger partial charge >= 0.3 is 6.03 Å². The zero-order chi connectivity index (χ0) is 16.5. The summed E-state index contributed by atoms with van der Waals surface area (Å²) in [5.41, 5.74) is 2.48. The van der Waals surface area contributed by atoms with Crippen molar-refractivity contribution in [3.05, 3.63) is 29.3 Å². The molecule has 0 bridgehead atoms. The zero-order valence-electron chi connectivity index (χ0n) is 13.9. The second-order valence-electron chi connectivity index (χ2n) is 6.71. The monoisotopic (exact) mass is 320 g/mol. The first-order valence-corrected chi connectivity index (χ1v) is 8.45. The maximum atomic E-state index is 12.4. The lowest BCUT2D eigenvalue weighted by Crippen LogP contribution is -2.38. The number of nitrogens with one attached hydrogen (secondary N) is 1. The van der Waals surface area contributed by atoms with E-state index in [2.05, 4.69) is 51.2 Å². The van der Waals surface area contributed by atoms with Crippen molar-refractivity contribution in [2.24, 2.45) is 0 Å². The highest BCUT2D eigenvalue weighted by molar-refractivity contribution is 8.00. The summed E-state index contributed by atoms with van der Waals surface area (Å²) < 4.78 is 0. The Hall–Kier alpha value is -1.49. The second-order valence-corrected chi connectivity index (χ2v) is 8.09. The maximum absolute atomic E-state index is 12.4. The van der Waals surface area contributed by atoms with Crippen molar-refractivity contribution in [2.45, 2.75) is 50.2 Å². The standard InChI is InChI=1S/C17H24N2O2S/c1-11-6-7-13(17(3,4)5)10-14(11)22-12(2)15(20)19-9-8-18-16(19)21/h6-7,10,12H,8-9H2,1-5H3,(H,18,21). The van der Waals surface area contributed by atoms with Gasteiger partial charge in [0.15, 0.2) is 0 Å². The molecular weight excluding hydrogens is 296 g/mol. The Morgan fingerprint density at radius 3 is 2.59 bits per heavy atom. The molecule has 0 saturated carbocycles. The summed E-state index contributed by atoms with van der Waals surface area (Å²) in [4.78, 5) is 26.4. The number of hydrogen-bond acceptors (Lipinski definition) is 3. The van der Waals surface area contributed by atoms with Gasteiger partial charge in [0, 0.05) is 18.0 Å². The third-order valence-electron chi connectivity index (χ3n) is 3.83. The van der Waals surface area contributed by atoms with E-state index < -0.39 is 0 Å². The molecule has 22 heavy (non-hydrogen) atoms. The van der Waals surface area contributed by atoms with E-state index in [9.17, 15) is 9.59 Å². The molecule has 4 nitrogen and oxygen atoms in total. The van der Waals surface area contributed by atoms with E-state index in [4.69, 9.17) is 0 Å². The van der Waals surface area contributed by atoms with Crippen molar-refractivity contribution in [3.8, 4) is 0 Å². The Balaban J connectivity index is 2.16. The molecule has 0 spiro atoms. The van der Waals surface area contributed by atoms with Gasteiger partial charge in [-0.1, -0.05) is 32.9 Å². The first-order valence-electron chi connectivity index (χ1n) is 7.57. The van der Waals surface area contributed by atoms with Crippen LogP contribution in [-0.4, -0.2) is 35.2 Å². The van der Waals surface area contributed by atoms with Crippen LogP contribution in [0.15, 0.2) is 23.1 Å². The molecule has 3 amide bonds. The molecule has 120 valence electrons. The van der Waals surface area contributed by atoms with Gasteiger partial charge in [-0.3, -0.25) is 9.69 Å². The average molecular weight is 320 g/mol. The van der Waals surface area contributed by atoms with Crippen LogP contribution in [0.2, 0.25) is 0 Å². The van der Waals surface area contributed by atoms with Crippen LogP contribution in [0.1, 0.15) is 38.8 Å². The van der Waals surface area contributed by atoms with Gasteiger partial charge in [-0.25, -0.2) is 4.79 Å². The van der Waals surface area contributed by atoms with Crippen molar-refractivity contribution in [1.82, 2.24) is 10.2 Å². The molecule has 1 aliphatic heterocycles. The second kappa shape index (κ2) is 6.32. The number of urea groups is 1. The lowest BCUT2D eigenvalue weighted by molar-refractivity contribution is -0.126. The van der Waals surface area contributed by atoms with E-state index in [0.717, 1.165) is 10.5 Å². The summed E-state index contributed by atoms with van der Waals surface area (Å²) in [5, 5.41) is 2.39. The lowest BCUT2D eigenvalue weighted by atomic mass is 9.87. The van der Waals surface area contributed by atoms with Gasteiger partial charge in [0.1, 0.15) is 0 Å². The molecule has 1 saturated heterocycles. The molecule has 1 aromatic carbocycles. The number of amides is 3. The Kier molecular flexibility index (Phi) is 4.85. The van der Waals surface area contributed by atoms with Crippen LogP contribution in [-0.2, 0) is 10.2 Å². The van der Waals surface area contributed by atoms with E-state index in [1.807, 2.05) is 6.92 Å². The summed E-state index contributed by atoms with van der Waals surface area (Å²) in [5.74, 6) is -0.124. The van der Waals surface area contributed by atoms with Gasteiger partial charge in [0.25, 0.3) is 0 Å². The fraction of sp³-hybridized carbons (Fsp3) is 0.529. The molecule has 0 aliphatic carbocycles. The smallest absolute Gasteiger partial charge is 0.324 e. The number of carbonyl (C=O) groups is 2. The van der Waals surface area contributed by atoms with Gasteiger partial charge in [-0.2, -0.15) is 0 Å². The topological polar surface area (TPSA) is 49.4 Å². The molecule has 5 heteroatoms. The Morgan fingerprint density at radius 1 is 1.36 bits per heavy atom. The Bertz CT molecular complexity index is 593. The summed E-state index contributed by atoms with van der Waals surface area (Å²) in [7, 11) is 0. The van der Waals surface area contributed by atoms with Crippen molar-refractivity contribution < 1.29 is 9.59 Å². The van der Waals surface area contributed by atoms with Gasteiger partial charge < -0.3 is 5.32 Å². The van der Waals surface area contributed by atoms with Gasteiger partial charge in [0.05, 0.1) is 5.25 Å². The maximum Gasteiger partial charge on any atom is 0.324 e. The fourth-order valence-corrected chi connectivity index (χ4v) is 3.39. The van der Waals surface area contributed by atoms with Gasteiger partial charge in [-0.15, -0.1) is 11.8 Å². The number of thioether (sulfide) groups is 1. The number of imide groups is 1. The first-order chi connectivity index (χ1) is 10.2. The predicted octanol–water partition coefficient (Wildman–Crippen LogP) is 3.32. The Labute approximate surface area is 136 Å². The van der Waals surface area contributed by atoms with Gasteiger partial charge in [-0.05, 0) is 36.5 Å². The molecule has 1 atom stereocenters. The van der Waals surface area contributed by atoms with Crippen LogP contribution >= 0.6 is 11.8 Å². The number of rotatable bonds is 3. The highest BCUT2D eigenvalue weighted by atomic mass is 32.2. The van der Waals surface area contributed by atoms with Gasteiger partial charge in [0.2, 0.25) is 5.91 Å². The van der Waals surface area contributed by atoms with Crippen LogP contribution in [0.5, 0.6) is 0 Å². The zero-order valence-corrected chi connectivity index (χ0v) is 14.7. The van der Waals surface area contributed by atoms with Crippen LogP contribution in [0, 0.1) is 6.92 Å². The largest absolute Gasteiger partial charge is 0.336 e. The highest BCUT2D eigenvalue weighted by Gasteiger charge is 2.30. The number of hydrogen-bond donors (Lipinski definition) is 1. The molecule has 1 aromatic rings. The van der Waals surface area contributed by atoms with Crippen molar-refractivity contribution in [3.63, 3.8) is 0 Å². The van der Waals surface area contributed by atoms with Crippen LogP contribution in [0.25, 0.3) is 0 Å². The SMILES string of the molecule is Cc1ccc(C(C)(C)C)cc1SC(C)C(=O)N1CCNC1=O. The normalized spacial score (nSPS) is 16.6. The molecule has 1 unspecified atom stereocenters. The molecule has 2 rings (SSSR count). The van der Waals surface area contributed by atoms with Crippen molar-refractivity contribution in [1.29, 1.82) is 0 Å². The van der Waals surface area contributed by atoms with E-state index in [0.29, 0.717) is 13.1 Å². The minimum atomic E-state index is -0.280. The summed E-state index contributed by atoms with van der Waals surface area (Å²) in [6, 6.07) is 6.12. The number of carbonyl (C=O) groups excluding carboxylic acids is 2. The molecule has 0 aromatic heterocycles. The number of nitrogens with zero attached hydrogens (tertiary/aromatic N) is 1. The lowest BCUT2D eigenvalue weighted by Gasteiger charge is -2.22. The van der Waals surface area contributed by atoms with E-state index in [-0.39, 0.29) is 22.6 Å². The van der Waals surface area contributed by atoms with Crippen molar-refractivity contribution in [2.75, 3.05) is 13.1 Å². The fourth-order valence-electron chi connectivity index (χ4n) is 2.34. The van der Waals surface area contributed by atoms with E-state index in [1.165, 1.54) is 22.2 Å². The predicted molar refractivity (Wildman–Crippen MR) is 90.3 cm³/mol. The molecule has 1 heterocycles. The molecule has 1 N–H and O–H groups in total. The van der Waals surface area contributed by atoms with Crippen molar-refractivity contribution >= 4 is 23.7 Å². The first kappa shape index (κ1) is 16.9. The van der Waals surface area contributed by atoms with Crippen LogP contribution < -0.4 is 5.32 Å². The number of aryl methyl sites for hydroxylation is 1. The third kappa shape index (κ3) is 3.64. The van der Waals surface area contributed by atoms with E-state index in [1.54, 1.807) is 0 Å². The van der Waals surface area contributed by atoms with Crippen LogP contribution in [0.3, 0.4) is 0 Å². The summed E-state index contributed by atoms with van der Waals surface area (Å²) >= 11 is 1.53. The summed E-state index contributed by atoms with van der Waals surface area (Å²) in [6.45, 7) is 11.4. The minimum absolute atomic E-state index is 0.0745. The third-order valence-corrected chi connectivity index (χ3v) is 5.08. The van der Waals surface area contributed by atoms with E-state index >= 15 is 0 Å². The molecule has 0 radical (unpaired) electrons. The minimum Gasteiger partial charge on any atom is -0.336 e. The molecule has 1 aliphatic rings. The quantitative estimate of drug-likeness (QED) is 0.869. The average Bonchev–Trinajstić information content (AvgIpc) is 2.85. The molecular formula is C17H24N2O2S. The number of benzene rings is 1. The highest BCUT2D eigenvalue weighted by Crippen LogP contribution is 2.32. The molecule has 1 fully saturated rings. The Morgan fingerprint density at radius 2 is 2.05 bits per heavy atom.